The first-order valence-corrected chi connectivity index (χ1v) is 6.93. The van der Waals surface area contributed by atoms with Gasteiger partial charge in [0.2, 0.25) is 5.91 Å². The summed E-state index contributed by atoms with van der Waals surface area (Å²) in [6, 6.07) is 9.70. The minimum atomic E-state index is -0.0187. The number of nitrogens with one attached hydrogen (secondary N) is 1. The fourth-order valence-electron chi connectivity index (χ4n) is 2.12. The van der Waals surface area contributed by atoms with Crippen LogP contribution in [0, 0.1) is 0 Å². The lowest BCUT2D eigenvalue weighted by Crippen LogP contribution is -2.31. The molecule has 2 aromatic rings. The van der Waals surface area contributed by atoms with Crippen molar-refractivity contribution in [2.45, 2.75) is 26.3 Å². The van der Waals surface area contributed by atoms with E-state index < -0.39 is 0 Å². The lowest BCUT2D eigenvalue weighted by atomic mass is 10.0. The van der Waals surface area contributed by atoms with E-state index in [0.29, 0.717) is 11.4 Å². The van der Waals surface area contributed by atoms with Gasteiger partial charge in [-0.25, -0.2) is 0 Å². The van der Waals surface area contributed by atoms with Crippen LogP contribution in [0.3, 0.4) is 0 Å². The van der Waals surface area contributed by atoms with Gasteiger partial charge in [0.25, 0.3) is 0 Å². The molecule has 3 nitrogen and oxygen atoms in total. The summed E-state index contributed by atoms with van der Waals surface area (Å²) < 4.78 is 5.19. The zero-order chi connectivity index (χ0) is 14.7. The first-order valence-electron chi connectivity index (χ1n) is 6.55. The zero-order valence-electron chi connectivity index (χ0n) is 11.9. The van der Waals surface area contributed by atoms with Gasteiger partial charge in [-0.2, -0.15) is 0 Å². The van der Waals surface area contributed by atoms with E-state index in [1.807, 2.05) is 44.2 Å². The third kappa shape index (κ3) is 3.23. The molecule has 2 rings (SSSR count). The van der Waals surface area contributed by atoms with Crippen LogP contribution in [0.4, 0.5) is 0 Å². The van der Waals surface area contributed by atoms with Crippen LogP contribution in [0.1, 0.15) is 19.4 Å². The third-order valence-electron chi connectivity index (χ3n) is 3.04. The van der Waals surface area contributed by atoms with E-state index in [9.17, 15) is 4.79 Å². The molecular formula is C16H18ClNO2. The number of hydrogen-bond donors (Lipinski definition) is 1. The highest BCUT2D eigenvalue weighted by Gasteiger charge is 2.11. The van der Waals surface area contributed by atoms with E-state index in [1.54, 1.807) is 7.11 Å². The Kier molecular flexibility index (Phi) is 4.50. The van der Waals surface area contributed by atoms with Crippen molar-refractivity contribution in [2.75, 3.05) is 7.11 Å². The van der Waals surface area contributed by atoms with Gasteiger partial charge in [-0.3, -0.25) is 4.79 Å². The molecule has 0 bridgehead atoms. The van der Waals surface area contributed by atoms with Crippen molar-refractivity contribution < 1.29 is 9.53 Å². The molecule has 0 saturated carbocycles. The number of carbonyl (C=O) groups is 1. The van der Waals surface area contributed by atoms with Crippen molar-refractivity contribution >= 4 is 28.3 Å². The van der Waals surface area contributed by atoms with E-state index in [2.05, 4.69) is 5.32 Å². The van der Waals surface area contributed by atoms with Gasteiger partial charge in [-0.05, 0) is 43.0 Å². The summed E-state index contributed by atoms with van der Waals surface area (Å²) in [7, 11) is 1.63. The second-order valence-electron chi connectivity index (χ2n) is 5.02. The molecule has 1 amide bonds. The van der Waals surface area contributed by atoms with E-state index in [4.69, 9.17) is 16.3 Å². The minimum Gasteiger partial charge on any atom is -0.497 e. The Morgan fingerprint density at radius 2 is 2.05 bits per heavy atom. The van der Waals surface area contributed by atoms with Gasteiger partial charge < -0.3 is 10.1 Å². The number of carbonyl (C=O) groups excluding carboxylic acids is 1. The predicted molar refractivity (Wildman–Crippen MR) is 82.5 cm³/mol. The molecule has 0 radical (unpaired) electrons. The maximum absolute atomic E-state index is 11.8. The molecule has 0 aliphatic carbocycles. The molecule has 0 heterocycles. The standard InChI is InChI=1S/C16H18ClNO2/c1-10(2)18-15(19)9-12-5-4-11-8-13(20-3)6-7-14(11)16(12)17/h4-8,10H,9H2,1-3H3,(H,18,19). The van der Waals surface area contributed by atoms with Crippen molar-refractivity contribution in [3.8, 4) is 5.75 Å². The molecule has 106 valence electrons. The van der Waals surface area contributed by atoms with Crippen molar-refractivity contribution in [3.05, 3.63) is 40.9 Å². The molecule has 0 saturated heterocycles. The zero-order valence-corrected chi connectivity index (χ0v) is 12.6. The molecule has 0 fully saturated rings. The molecule has 2 aromatic carbocycles. The molecule has 0 aromatic heterocycles. The van der Waals surface area contributed by atoms with Crippen LogP contribution in [0.25, 0.3) is 10.8 Å². The van der Waals surface area contributed by atoms with Crippen LogP contribution in [-0.4, -0.2) is 19.1 Å². The number of amides is 1. The number of benzene rings is 2. The second-order valence-corrected chi connectivity index (χ2v) is 5.40. The first-order chi connectivity index (χ1) is 9.51. The van der Waals surface area contributed by atoms with Crippen molar-refractivity contribution in [1.82, 2.24) is 5.32 Å². The third-order valence-corrected chi connectivity index (χ3v) is 3.49. The SMILES string of the molecule is COc1ccc2c(Cl)c(CC(=O)NC(C)C)ccc2c1. The fourth-order valence-corrected chi connectivity index (χ4v) is 2.43. The van der Waals surface area contributed by atoms with Crippen molar-refractivity contribution in [2.24, 2.45) is 0 Å². The Morgan fingerprint density at radius 1 is 1.30 bits per heavy atom. The number of methoxy groups -OCH3 is 1. The molecule has 4 heteroatoms. The Bertz CT molecular complexity index is 638. The first kappa shape index (κ1) is 14.7. The smallest absolute Gasteiger partial charge is 0.224 e. The summed E-state index contributed by atoms with van der Waals surface area (Å²) in [5.74, 6) is 0.772. The number of rotatable bonds is 4. The van der Waals surface area contributed by atoms with Gasteiger partial charge in [-0.1, -0.05) is 23.7 Å². The van der Waals surface area contributed by atoms with Gasteiger partial charge in [-0.15, -0.1) is 0 Å². The average Bonchev–Trinajstić information content (AvgIpc) is 2.40. The highest BCUT2D eigenvalue weighted by atomic mass is 35.5. The second kappa shape index (κ2) is 6.14. The molecule has 0 aliphatic rings. The summed E-state index contributed by atoms with van der Waals surface area (Å²) in [4.78, 5) is 11.8. The molecule has 1 N–H and O–H groups in total. The normalized spacial score (nSPS) is 10.8. The Morgan fingerprint density at radius 3 is 2.70 bits per heavy atom. The quantitative estimate of drug-likeness (QED) is 0.935. The molecule has 20 heavy (non-hydrogen) atoms. The van der Waals surface area contributed by atoms with E-state index in [1.165, 1.54) is 0 Å². The largest absolute Gasteiger partial charge is 0.497 e. The topological polar surface area (TPSA) is 38.3 Å². The lowest BCUT2D eigenvalue weighted by molar-refractivity contribution is -0.120. The molecule has 0 unspecified atom stereocenters. The Balaban J connectivity index is 2.32. The van der Waals surface area contributed by atoms with Crippen LogP contribution >= 0.6 is 11.6 Å². The fraction of sp³-hybridized carbons (Fsp3) is 0.312. The monoisotopic (exact) mass is 291 g/mol. The number of hydrogen-bond acceptors (Lipinski definition) is 2. The maximum Gasteiger partial charge on any atom is 0.224 e. The van der Waals surface area contributed by atoms with E-state index in [0.717, 1.165) is 22.1 Å². The molecule has 0 spiro atoms. The number of fused-ring (bicyclic) bond motifs is 1. The van der Waals surface area contributed by atoms with Gasteiger partial charge in [0, 0.05) is 11.4 Å². The van der Waals surface area contributed by atoms with Crippen LogP contribution in [0.2, 0.25) is 5.02 Å². The van der Waals surface area contributed by atoms with Gasteiger partial charge >= 0.3 is 0 Å². The Labute approximate surface area is 123 Å². The van der Waals surface area contributed by atoms with Crippen molar-refractivity contribution in [3.63, 3.8) is 0 Å². The molecule has 0 aliphatic heterocycles. The van der Waals surface area contributed by atoms with E-state index >= 15 is 0 Å². The highest BCUT2D eigenvalue weighted by molar-refractivity contribution is 6.36. The van der Waals surface area contributed by atoms with Gasteiger partial charge in [0.1, 0.15) is 5.75 Å². The van der Waals surface area contributed by atoms with Crippen molar-refractivity contribution in [1.29, 1.82) is 0 Å². The molecule has 0 atom stereocenters. The molecular weight excluding hydrogens is 274 g/mol. The highest BCUT2D eigenvalue weighted by Crippen LogP contribution is 2.30. The summed E-state index contributed by atoms with van der Waals surface area (Å²) in [5.41, 5.74) is 0.836. The summed E-state index contributed by atoms with van der Waals surface area (Å²) in [6.07, 6.45) is 0.291. The van der Waals surface area contributed by atoms with E-state index in [-0.39, 0.29) is 11.9 Å². The maximum atomic E-state index is 11.8. The van der Waals surface area contributed by atoms with Crippen LogP contribution in [0.15, 0.2) is 30.3 Å². The summed E-state index contributed by atoms with van der Waals surface area (Å²) >= 11 is 6.40. The summed E-state index contributed by atoms with van der Waals surface area (Å²) in [6.45, 7) is 3.87. The summed E-state index contributed by atoms with van der Waals surface area (Å²) in [5, 5.41) is 5.43. The van der Waals surface area contributed by atoms with Crippen LogP contribution in [-0.2, 0) is 11.2 Å². The number of ether oxygens (including phenoxy) is 1. The minimum absolute atomic E-state index is 0.0187. The predicted octanol–water partition coefficient (Wildman–Crippen LogP) is 3.57. The lowest BCUT2D eigenvalue weighted by Gasteiger charge is -2.11. The Hall–Kier alpha value is -1.74. The van der Waals surface area contributed by atoms with Gasteiger partial charge in [0.15, 0.2) is 0 Å². The van der Waals surface area contributed by atoms with Crippen LogP contribution < -0.4 is 10.1 Å². The van der Waals surface area contributed by atoms with Gasteiger partial charge in [0.05, 0.1) is 18.6 Å². The number of halogens is 1. The average molecular weight is 292 g/mol. The van der Waals surface area contributed by atoms with Crippen LogP contribution in [0.5, 0.6) is 5.75 Å².